The number of ether oxygens (including phenoxy) is 3. The van der Waals surface area contributed by atoms with E-state index in [9.17, 15) is 9.59 Å². The Labute approximate surface area is 241 Å². The van der Waals surface area contributed by atoms with Gasteiger partial charge in [0.15, 0.2) is 0 Å². The van der Waals surface area contributed by atoms with Gasteiger partial charge in [0, 0.05) is 5.92 Å². The number of benzene rings is 4. The van der Waals surface area contributed by atoms with Crippen LogP contribution in [0.4, 0.5) is 4.79 Å². The molecule has 0 spiro atoms. The van der Waals surface area contributed by atoms with Crippen molar-refractivity contribution in [2.75, 3.05) is 6.61 Å². The van der Waals surface area contributed by atoms with E-state index in [4.69, 9.17) is 14.2 Å². The van der Waals surface area contributed by atoms with E-state index in [0.717, 1.165) is 39.1 Å². The van der Waals surface area contributed by atoms with E-state index in [1.54, 1.807) is 0 Å². The number of nitrogens with one attached hydrogen (secondary N) is 1. The first-order valence-electron chi connectivity index (χ1n) is 13.9. The molecule has 1 atom stereocenters. The molecule has 0 aliphatic heterocycles. The highest BCUT2D eigenvalue weighted by Gasteiger charge is 2.30. The third-order valence-electron chi connectivity index (χ3n) is 7.37. The zero-order chi connectivity index (χ0) is 28.8. The van der Waals surface area contributed by atoms with E-state index in [2.05, 4.69) is 48.6 Å². The summed E-state index contributed by atoms with van der Waals surface area (Å²) >= 11 is 0. The van der Waals surface area contributed by atoms with Crippen LogP contribution in [0.1, 0.15) is 47.6 Å². The number of alkyl carbamates (subject to hydrolysis) is 1. The minimum Gasteiger partial charge on any atom is -0.489 e. The largest absolute Gasteiger partial charge is 0.489 e. The van der Waals surface area contributed by atoms with Crippen molar-refractivity contribution < 1.29 is 23.8 Å². The minimum absolute atomic E-state index is 0.0542. The fraction of sp³-hybridized carbons (Fsp3) is 0.257. The standard InChI is InChI=1S/C35H35NO5/c1-23(2)33(34(37)40-21-26-16-18-27(19-17-26)39-20-25-14-12-24(3)13-15-25)36-35(38)41-22-32-30-10-6-4-8-28(30)29-9-5-7-11-31(29)32/h4-19,23,32-33H,20-22H2,1-3H3,(H,36,38)/t33-/m0/s1. The van der Waals surface area contributed by atoms with Crippen LogP contribution < -0.4 is 10.1 Å². The summed E-state index contributed by atoms with van der Waals surface area (Å²) in [6.07, 6.45) is -0.641. The van der Waals surface area contributed by atoms with E-state index >= 15 is 0 Å². The molecule has 0 saturated heterocycles. The number of carbonyl (C=O) groups is 2. The first-order valence-corrected chi connectivity index (χ1v) is 13.9. The lowest BCUT2D eigenvalue weighted by Crippen LogP contribution is -2.45. The number of esters is 1. The van der Waals surface area contributed by atoms with Crippen LogP contribution in [-0.2, 0) is 27.5 Å². The van der Waals surface area contributed by atoms with E-state index in [1.807, 2.05) is 74.5 Å². The Balaban J connectivity index is 1.12. The van der Waals surface area contributed by atoms with Gasteiger partial charge in [-0.05, 0) is 58.4 Å². The normalized spacial score (nSPS) is 12.8. The van der Waals surface area contributed by atoms with Crippen LogP contribution in [0.25, 0.3) is 11.1 Å². The molecule has 0 fully saturated rings. The summed E-state index contributed by atoms with van der Waals surface area (Å²) in [5, 5.41) is 2.71. The second kappa shape index (κ2) is 12.7. The van der Waals surface area contributed by atoms with Crippen molar-refractivity contribution in [1.29, 1.82) is 0 Å². The molecule has 210 valence electrons. The summed E-state index contributed by atoms with van der Waals surface area (Å²) in [6, 6.07) is 31.1. The van der Waals surface area contributed by atoms with Crippen molar-refractivity contribution in [2.24, 2.45) is 5.92 Å². The molecular weight excluding hydrogens is 514 g/mol. The molecule has 1 amide bonds. The highest BCUT2D eigenvalue weighted by molar-refractivity contribution is 5.82. The molecule has 5 rings (SSSR count). The van der Waals surface area contributed by atoms with Gasteiger partial charge >= 0.3 is 12.1 Å². The van der Waals surface area contributed by atoms with Crippen molar-refractivity contribution in [2.45, 2.75) is 45.9 Å². The van der Waals surface area contributed by atoms with Gasteiger partial charge in [0.05, 0.1) is 0 Å². The lowest BCUT2D eigenvalue weighted by Gasteiger charge is -2.21. The Bertz CT molecular complexity index is 1450. The van der Waals surface area contributed by atoms with E-state index < -0.39 is 18.1 Å². The summed E-state index contributed by atoms with van der Waals surface area (Å²) in [4.78, 5) is 25.7. The molecule has 0 saturated carbocycles. The quantitative estimate of drug-likeness (QED) is 0.212. The van der Waals surface area contributed by atoms with Crippen LogP contribution in [-0.4, -0.2) is 24.7 Å². The van der Waals surface area contributed by atoms with Crippen molar-refractivity contribution >= 4 is 12.1 Å². The smallest absolute Gasteiger partial charge is 0.407 e. The topological polar surface area (TPSA) is 73.9 Å². The maximum Gasteiger partial charge on any atom is 0.407 e. The fourth-order valence-corrected chi connectivity index (χ4v) is 5.04. The zero-order valence-electron chi connectivity index (χ0n) is 23.6. The first kappa shape index (κ1) is 28.0. The van der Waals surface area contributed by atoms with E-state index in [0.29, 0.717) is 6.61 Å². The molecule has 0 heterocycles. The number of amides is 1. The van der Waals surface area contributed by atoms with Gasteiger partial charge in [0.1, 0.15) is 31.6 Å². The molecule has 0 bridgehead atoms. The molecule has 0 unspecified atom stereocenters. The molecule has 0 aromatic heterocycles. The SMILES string of the molecule is Cc1ccc(COc2ccc(COC(=O)[C@@H](NC(=O)OCC3c4ccccc4-c4ccccc43)C(C)C)cc2)cc1. The van der Waals surface area contributed by atoms with Crippen molar-refractivity contribution in [3.8, 4) is 16.9 Å². The molecular formula is C35H35NO5. The predicted octanol–water partition coefficient (Wildman–Crippen LogP) is 7.18. The highest BCUT2D eigenvalue weighted by Crippen LogP contribution is 2.44. The summed E-state index contributed by atoms with van der Waals surface area (Å²) < 4.78 is 17.0. The van der Waals surface area contributed by atoms with Crippen LogP contribution >= 0.6 is 0 Å². The van der Waals surface area contributed by atoms with Crippen LogP contribution in [0.15, 0.2) is 97.1 Å². The Morgan fingerprint density at radius 2 is 1.29 bits per heavy atom. The van der Waals surface area contributed by atoms with Gasteiger partial charge in [-0.25, -0.2) is 9.59 Å². The maximum atomic E-state index is 12.9. The third kappa shape index (κ3) is 6.77. The van der Waals surface area contributed by atoms with Crippen molar-refractivity contribution in [3.05, 3.63) is 125 Å². The van der Waals surface area contributed by atoms with Crippen LogP contribution in [0, 0.1) is 12.8 Å². The minimum atomic E-state index is -0.831. The third-order valence-corrected chi connectivity index (χ3v) is 7.37. The van der Waals surface area contributed by atoms with Crippen LogP contribution in [0.2, 0.25) is 0 Å². The Morgan fingerprint density at radius 1 is 0.732 bits per heavy atom. The second-order valence-electron chi connectivity index (χ2n) is 10.7. The first-order chi connectivity index (χ1) is 19.9. The van der Waals surface area contributed by atoms with E-state index in [1.165, 1.54) is 5.56 Å². The average molecular weight is 550 g/mol. The monoisotopic (exact) mass is 549 g/mol. The molecule has 4 aromatic rings. The van der Waals surface area contributed by atoms with Crippen molar-refractivity contribution in [3.63, 3.8) is 0 Å². The highest BCUT2D eigenvalue weighted by atomic mass is 16.6. The summed E-state index contributed by atoms with van der Waals surface area (Å²) in [5.74, 6) is -0.00666. The Hall–Kier alpha value is -4.58. The number of hydrogen-bond donors (Lipinski definition) is 1. The molecule has 6 heteroatoms. The van der Waals surface area contributed by atoms with E-state index in [-0.39, 0.29) is 25.0 Å². The van der Waals surface area contributed by atoms with Crippen molar-refractivity contribution in [1.82, 2.24) is 5.32 Å². The molecule has 0 radical (unpaired) electrons. The number of rotatable bonds is 10. The summed E-state index contributed by atoms with van der Waals surface area (Å²) in [5.41, 5.74) is 7.71. The average Bonchev–Trinajstić information content (AvgIpc) is 3.31. The molecule has 4 aromatic carbocycles. The Morgan fingerprint density at radius 3 is 1.90 bits per heavy atom. The van der Waals surface area contributed by atoms with Crippen LogP contribution in [0.5, 0.6) is 5.75 Å². The lowest BCUT2D eigenvalue weighted by atomic mass is 9.98. The number of hydrogen-bond acceptors (Lipinski definition) is 5. The number of carbonyl (C=O) groups excluding carboxylic acids is 2. The lowest BCUT2D eigenvalue weighted by molar-refractivity contribution is -0.148. The van der Waals surface area contributed by atoms with Gasteiger partial charge in [0.25, 0.3) is 0 Å². The maximum absolute atomic E-state index is 12.9. The fourth-order valence-electron chi connectivity index (χ4n) is 5.04. The van der Waals surface area contributed by atoms with Gasteiger partial charge in [-0.15, -0.1) is 0 Å². The summed E-state index contributed by atoms with van der Waals surface area (Å²) in [6.45, 7) is 6.51. The van der Waals surface area contributed by atoms with Gasteiger partial charge in [0.2, 0.25) is 0 Å². The Kier molecular flexibility index (Phi) is 8.68. The zero-order valence-corrected chi connectivity index (χ0v) is 23.6. The molecule has 6 nitrogen and oxygen atoms in total. The van der Waals surface area contributed by atoms with Gasteiger partial charge in [-0.2, -0.15) is 0 Å². The van der Waals surface area contributed by atoms with Crippen LogP contribution in [0.3, 0.4) is 0 Å². The van der Waals surface area contributed by atoms with Gasteiger partial charge in [-0.3, -0.25) is 0 Å². The second-order valence-corrected chi connectivity index (χ2v) is 10.7. The molecule has 1 N–H and O–H groups in total. The van der Waals surface area contributed by atoms with Gasteiger partial charge in [-0.1, -0.05) is 104 Å². The summed E-state index contributed by atoms with van der Waals surface area (Å²) in [7, 11) is 0. The number of fused-ring (bicyclic) bond motifs is 3. The van der Waals surface area contributed by atoms with Gasteiger partial charge < -0.3 is 19.5 Å². The molecule has 1 aliphatic rings. The molecule has 1 aliphatic carbocycles. The number of aryl methyl sites for hydroxylation is 1. The predicted molar refractivity (Wildman–Crippen MR) is 159 cm³/mol. The molecule has 41 heavy (non-hydrogen) atoms.